The molecule has 1 aliphatic heterocycles. The molecule has 1 aliphatic rings. The van der Waals surface area contributed by atoms with E-state index in [-0.39, 0.29) is 0 Å². The Kier molecular flexibility index (Phi) is 4.24. The van der Waals surface area contributed by atoms with E-state index in [1.165, 1.54) is 12.1 Å². The number of hydrogen-bond donors (Lipinski definition) is 0. The molecular formula is C17H18F3N3. The fourth-order valence-electron chi connectivity index (χ4n) is 2.70. The molecule has 1 saturated heterocycles. The van der Waals surface area contributed by atoms with Crippen molar-refractivity contribution in [1.82, 2.24) is 9.97 Å². The quantitative estimate of drug-likeness (QED) is 0.821. The highest BCUT2D eigenvalue weighted by atomic mass is 19.4. The molecule has 3 rings (SSSR count). The van der Waals surface area contributed by atoms with E-state index in [2.05, 4.69) is 21.8 Å². The molecule has 0 N–H and O–H groups in total. The number of anilines is 1. The fraction of sp³-hybridized carbons (Fsp3) is 0.412. The van der Waals surface area contributed by atoms with Gasteiger partial charge in [-0.25, -0.2) is 9.97 Å². The predicted octanol–water partition coefficient (Wildman–Crippen LogP) is 4.40. The standard InChI is InChI=1S/C17H18F3N3/c1-12-7-10-23(11-8-12)16-21-9-6-15(22-16)13-2-4-14(5-3-13)17(18,19)20/h2-6,9,12H,7-8,10-11H2,1H3. The summed E-state index contributed by atoms with van der Waals surface area (Å²) in [5, 5.41) is 0. The highest BCUT2D eigenvalue weighted by Crippen LogP contribution is 2.31. The maximum absolute atomic E-state index is 12.6. The maximum Gasteiger partial charge on any atom is 0.416 e. The van der Waals surface area contributed by atoms with E-state index in [1.54, 1.807) is 12.3 Å². The summed E-state index contributed by atoms with van der Waals surface area (Å²) in [5.41, 5.74) is 0.648. The Balaban J connectivity index is 1.82. The smallest absolute Gasteiger partial charge is 0.341 e. The second kappa shape index (κ2) is 6.18. The van der Waals surface area contributed by atoms with Gasteiger partial charge in [0.25, 0.3) is 0 Å². The molecule has 1 aromatic heterocycles. The molecular weight excluding hydrogens is 303 g/mol. The Hall–Kier alpha value is -2.11. The van der Waals surface area contributed by atoms with Gasteiger partial charge in [-0.2, -0.15) is 13.2 Å². The first-order valence-corrected chi connectivity index (χ1v) is 7.69. The topological polar surface area (TPSA) is 29.0 Å². The first kappa shape index (κ1) is 15.8. The monoisotopic (exact) mass is 321 g/mol. The van der Waals surface area contributed by atoms with Crippen molar-refractivity contribution in [3.05, 3.63) is 42.1 Å². The molecule has 23 heavy (non-hydrogen) atoms. The summed E-state index contributed by atoms with van der Waals surface area (Å²) in [4.78, 5) is 11.0. The number of halogens is 3. The highest BCUT2D eigenvalue weighted by molar-refractivity contribution is 5.60. The van der Waals surface area contributed by atoms with Gasteiger partial charge in [0.15, 0.2) is 0 Å². The molecule has 6 heteroatoms. The van der Waals surface area contributed by atoms with Gasteiger partial charge < -0.3 is 4.90 Å². The molecule has 0 atom stereocenters. The number of benzene rings is 1. The van der Waals surface area contributed by atoms with Crippen LogP contribution in [0.3, 0.4) is 0 Å². The highest BCUT2D eigenvalue weighted by Gasteiger charge is 2.30. The fourth-order valence-corrected chi connectivity index (χ4v) is 2.70. The molecule has 0 unspecified atom stereocenters. The summed E-state index contributed by atoms with van der Waals surface area (Å²) in [6, 6.07) is 6.79. The van der Waals surface area contributed by atoms with Crippen molar-refractivity contribution < 1.29 is 13.2 Å². The summed E-state index contributed by atoms with van der Waals surface area (Å²) in [5.74, 6) is 1.36. The second-order valence-corrected chi connectivity index (χ2v) is 5.99. The minimum absolute atomic E-state index is 0.641. The van der Waals surface area contributed by atoms with Crippen LogP contribution in [0.4, 0.5) is 19.1 Å². The van der Waals surface area contributed by atoms with Crippen molar-refractivity contribution in [1.29, 1.82) is 0 Å². The summed E-state index contributed by atoms with van der Waals surface area (Å²) >= 11 is 0. The Morgan fingerprint density at radius 3 is 2.30 bits per heavy atom. The molecule has 2 heterocycles. The van der Waals surface area contributed by atoms with Crippen molar-refractivity contribution in [2.24, 2.45) is 5.92 Å². The Bertz CT molecular complexity index is 660. The number of alkyl halides is 3. The van der Waals surface area contributed by atoms with Crippen molar-refractivity contribution in [3.63, 3.8) is 0 Å². The zero-order valence-electron chi connectivity index (χ0n) is 12.8. The lowest BCUT2D eigenvalue weighted by molar-refractivity contribution is -0.137. The molecule has 0 aliphatic carbocycles. The number of hydrogen-bond acceptors (Lipinski definition) is 3. The van der Waals surface area contributed by atoms with Crippen LogP contribution in [0, 0.1) is 5.92 Å². The Morgan fingerprint density at radius 2 is 1.70 bits per heavy atom. The van der Waals surface area contributed by atoms with Crippen LogP contribution in [-0.4, -0.2) is 23.1 Å². The van der Waals surface area contributed by atoms with E-state index in [1.807, 2.05) is 0 Å². The largest absolute Gasteiger partial charge is 0.416 e. The van der Waals surface area contributed by atoms with Gasteiger partial charge >= 0.3 is 6.18 Å². The van der Waals surface area contributed by atoms with Crippen molar-refractivity contribution in [2.75, 3.05) is 18.0 Å². The number of nitrogens with zero attached hydrogens (tertiary/aromatic N) is 3. The van der Waals surface area contributed by atoms with E-state index in [4.69, 9.17) is 0 Å². The molecule has 0 amide bonds. The minimum atomic E-state index is -4.32. The van der Waals surface area contributed by atoms with Crippen LogP contribution in [0.25, 0.3) is 11.3 Å². The molecule has 122 valence electrons. The number of rotatable bonds is 2. The summed E-state index contributed by atoms with van der Waals surface area (Å²) in [6.45, 7) is 4.06. The second-order valence-electron chi connectivity index (χ2n) is 5.99. The van der Waals surface area contributed by atoms with E-state index in [9.17, 15) is 13.2 Å². The average Bonchev–Trinajstić information content (AvgIpc) is 2.55. The van der Waals surface area contributed by atoms with Crippen molar-refractivity contribution in [2.45, 2.75) is 25.9 Å². The van der Waals surface area contributed by atoms with E-state index >= 15 is 0 Å². The van der Waals surface area contributed by atoms with Gasteiger partial charge in [-0.05, 0) is 37.0 Å². The third-order valence-electron chi connectivity index (χ3n) is 4.22. The average molecular weight is 321 g/mol. The van der Waals surface area contributed by atoms with Crippen LogP contribution in [-0.2, 0) is 6.18 Å². The van der Waals surface area contributed by atoms with Crippen molar-refractivity contribution >= 4 is 5.95 Å². The minimum Gasteiger partial charge on any atom is -0.341 e. The van der Waals surface area contributed by atoms with Gasteiger partial charge in [0.05, 0.1) is 11.3 Å². The normalized spacial score (nSPS) is 16.6. The summed E-state index contributed by atoms with van der Waals surface area (Å²) in [7, 11) is 0. The lowest BCUT2D eigenvalue weighted by Gasteiger charge is -2.30. The van der Waals surface area contributed by atoms with Gasteiger partial charge in [-0.1, -0.05) is 19.1 Å². The molecule has 2 aromatic rings. The molecule has 1 aromatic carbocycles. The molecule has 1 fully saturated rings. The van der Waals surface area contributed by atoms with E-state index in [0.29, 0.717) is 23.1 Å². The third kappa shape index (κ3) is 3.63. The van der Waals surface area contributed by atoms with Crippen LogP contribution in [0.5, 0.6) is 0 Å². The van der Waals surface area contributed by atoms with Gasteiger partial charge in [-0.15, -0.1) is 0 Å². The zero-order valence-corrected chi connectivity index (χ0v) is 12.8. The van der Waals surface area contributed by atoms with Crippen LogP contribution in [0.15, 0.2) is 36.5 Å². The third-order valence-corrected chi connectivity index (χ3v) is 4.22. The van der Waals surface area contributed by atoms with Gasteiger partial charge in [-0.3, -0.25) is 0 Å². The van der Waals surface area contributed by atoms with E-state index in [0.717, 1.165) is 38.1 Å². The van der Waals surface area contributed by atoms with Crippen LogP contribution >= 0.6 is 0 Å². The lowest BCUT2D eigenvalue weighted by atomic mass is 10.00. The summed E-state index contributed by atoms with van der Waals surface area (Å²) in [6.07, 6.45) is -0.449. The molecule has 0 saturated carbocycles. The summed E-state index contributed by atoms with van der Waals surface area (Å²) < 4.78 is 37.9. The molecule has 0 bridgehead atoms. The lowest BCUT2D eigenvalue weighted by Crippen LogP contribution is -2.34. The first-order valence-electron chi connectivity index (χ1n) is 7.69. The van der Waals surface area contributed by atoms with Gasteiger partial charge in [0.2, 0.25) is 5.95 Å². The Labute approximate surface area is 133 Å². The Morgan fingerprint density at radius 1 is 1.04 bits per heavy atom. The van der Waals surface area contributed by atoms with Gasteiger partial charge in [0, 0.05) is 24.8 Å². The number of piperidine rings is 1. The van der Waals surface area contributed by atoms with Crippen LogP contribution < -0.4 is 4.90 Å². The SMILES string of the molecule is CC1CCN(c2nccc(-c3ccc(C(F)(F)F)cc3)n2)CC1. The van der Waals surface area contributed by atoms with Crippen LogP contribution in [0.1, 0.15) is 25.3 Å². The maximum atomic E-state index is 12.6. The molecule has 3 nitrogen and oxygen atoms in total. The van der Waals surface area contributed by atoms with Crippen molar-refractivity contribution in [3.8, 4) is 11.3 Å². The first-order chi connectivity index (χ1) is 10.9. The zero-order chi connectivity index (χ0) is 16.4. The molecule has 0 radical (unpaired) electrons. The predicted molar refractivity (Wildman–Crippen MR) is 83.1 cm³/mol. The molecule has 0 spiro atoms. The number of aromatic nitrogens is 2. The van der Waals surface area contributed by atoms with E-state index < -0.39 is 11.7 Å². The van der Waals surface area contributed by atoms with Crippen LogP contribution in [0.2, 0.25) is 0 Å². The van der Waals surface area contributed by atoms with Gasteiger partial charge in [0.1, 0.15) is 0 Å².